The van der Waals surface area contributed by atoms with E-state index >= 15 is 0 Å². The lowest BCUT2D eigenvalue weighted by Crippen LogP contribution is -2.30. The van der Waals surface area contributed by atoms with Crippen molar-refractivity contribution in [3.63, 3.8) is 0 Å². The standard InChI is InChI=1S/C68H126O6/c1-4-7-10-13-16-19-22-25-27-28-29-30-31-32-33-34-35-36-37-38-39-40-41-44-46-49-52-55-58-61-67(70)73-64-65(63-72-66(69)60-57-54-51-48-45-42-24-21-18-15-12-9-6-3)74-68(71)62-59-56-53-50-47-43-26-23-20-17-14-11-8-5-2/h14,17,23,26,28-29,65H,4-13,15-16,18-22,24-25,27,30-64H2,1-3H3/b17-14-,26-23-,29-28-. The molecule has 0 aromatic heterocycles. The first-order valence-electron chi connectivity index (χ1n) is 33.0. The van der Waals surface area contributed by atoms with Gasteiger partial charge in [0.1, 0.15) is 13.2 Å². The van der Waals surface area contributed by atoms with Crippen LogP contribution >= 0.6 is 0 Å². The lowest BCUT2D eigenvalue weighted by atomic mass is 10.0. The predicted octanol–water partition coefficient (Wildman–Crippen LogP) is 22.4. The monoisotopic (exact) mass is 1040 g/mol. The van der Waals surface area contributed by atoms with Crippen molar-refractivity contribution in [2.45, 2.75) is 367 Å². The molecule has 0 aliphatic carbocycles. The van der Waals surface area contributed by atoms with Gasteiger partial charge in [0.05, 0.1) is 0 Å². The molecule has 0 aliphatic rings. The number of esters is 3. The van der Waals surface area contributed by atoms with Crippen LogP contribution < -0.4 is 0 Å². The number of allylic oxidation sites excluding steroid dienone is 6. The van der Waals surface area contributed by atoms with E-state index in [1.54, 1.807) is 0 Å². The van der Waals surface area contributed by atoms with E-state index in [2.05, 4.69) is 57.2 Å². The molecule has 0 aromatic rings. The van der Waals surface area contributed by atoms with Crippen molar-refractivity contribution in [2.24, 2.45) is 0 Å². The quantitative estimate of drug-likeness (QED) is 0.0261. The lowest BCUT2D eigenvalue weighted by molar-refractivity contribution is -0.167. The minimum atomic E-state index is -0.776. The number of hydrogen-bond donors (Lipinski definition) is 0. The van der Waals surface area contributed by atoms with Crippen LogP contribution in [0.5, 0.6) is 0 Å². The van der Waals surface area contributed by atoms with Crippen LogP contribution in [0.2, 0.25) is 0 Å². The molecule has 1 unspecified atom stereocenters. The number of ether oxygens (including phenoxy) is 3. The third-order valence-corrected chi connectivity index (χ3v) is 14.9. The van der Waals surface area contributed by atoms with Gasteiger partial charge in [-0.25, -0.2) is 0 Å². The van der Waals surface area contributed by atoms with Crippen molar-refractivity contribution in [2.75, 3.05) is 13.2 Å². The van der Waals surface area contributed by atoms with Gasteiger partial charge in [0.2, 0.25) is 0 Å². The Balaban J connectivity index is 4.14. The fraction of sp³-hybridized carbons (Fsp3) is 0.868. The Morgan fingerprint density at radius 1 is 0.270 bits per heavy atom. The van der Waals surface area contributed by atoms with Gasteiger partial charge in [-0.1, -0.05) is 308 Å². The van der Waals surface area contributed by atoms with Crippen LogP contribution in [-0.2, 0) is 28.6 Å². The van der Waals surface area contributed by atoms with Crippen LogP contribution in [0.1, 0.15) is 361 Å². The Labute approximate surface area is 461 Å². The molecule has 0 bridgehead atoms. The molecule has 0 aromatic carbocycles. The zero-order valence-electron chi connectivity index (χ0n) is 49.9. The molecule has 0 N–H and O–H groups in total. The smallest absolute Gasteiger partial charge is 0.306 e. The van der Waals surface area contributed by atoms with Gasteiger partial charge < -0.3 is 14.2 Å². The number of carbonyl (C=O) groups is 3. The first-order valence-corrected chi connectivity index (χ1v) is 33.0. The summed E-state index contributed by atoms with van der Waals surface area (Å²) < 4.78 is 16.9. The van der Waals surface area contributed by atoms with Crippen LogP contribution in [0.3, 0.4) is 0 Å². The van der Waals surface area contributed by atoms with Gasteiger partial charge in [-0.15, -0.1) is 0 Å². The topological polar surface area (TPSA) is 78.9 Å². The Morgan fingerprint density at radius 2 is 0.500 bits per heavy atom. The zero-order chi connectivity index (χ0) is 53.6. The fourth-order valence-corrected chi connectivity index (χ4v) is 9.87. The summed E-state index contributed by atoms with van der Waals surface area (Å²) in [5.41, 5.74) is 0. The lowest BCUT2D eigenvalue weighted by Gasteiger charge is -2.18. The molecule has 0 spiro atoms. The summed E-state index contributed by atoms with van der Waals surface area (Å²) in [7, 11) is 0. The van der Waals surface area contributed by atoms with E-state index in [4.69, 9.17) is 14.2 Å². The Morgan fingerprint density at radius 3 is 0.797 bits per heavy atom. The molecule has 0 heterocycles. The summed E-state index contributed by atoms with van der Waals surface area (Å²) in [5, 5.41) is 0. The summed E-state index contributed by atoms with van der Waals surface area (Å²) in [6.07, 6.45) is 77.4. The normalized spacial score (nSPS) is 12.2. The van der Waals surface area contributed by atoms with Gasteiger partial charge >= 0.3 is 17.9 Å². The maximum Gasteiger partial charge on any atom is 0.306 e. The molecule has 0 amide bonds. The number of rotatable bonds is 61. The highest BCUT2D eigenvalue weighted by Crippen LogP contribution is 2.18. The average molecular weight is 1040 g/mol. The molecule has 434 valence electrons. The van der Waals surface area contributed by atoms with Gasteiger partial charge in [0.25, 0.3) is 0 Å². The molecule has 0 fully saturated rings. The third-order valence-electron chi connectivity index (χ3n) is 14.9. The van der Waals surface area contributed by atoms with Gasteiger partial charge in [0.15, 0.2) is 6.10 Å². The second kappa shape index (κ2) is 63.2. The highest BCUT2D eigenvalue weighted by atomic mass is 16.6. The van der Waals surface area contributed by atoms with Gasteiger partial charge in [-0.3, -0.25) is 14.4 Å². The first-order chi connectivity index (χ1) is 36.5. The van der Waals surface area contributed by atoms with Crippen LogP contribution in [0.25, 0.3) is 0 Å². The molecule has 0 rings (SSSR count). The highest BCUT2D eigenvalue weighted by Gasteiger charge is 2.19. The summed E-state index contributed by atoms with van der Waals surface area (Å²) in [5.74, 6) is -0.864. The molecule has 6 heteroatoms. The van der Waals surface area contributed by atoms with Crippen molar-refractivity contribution in [1.82, 2.24) is 0 Å². The van der Waals surface area contributed by atoms with E-state index in [1.807, 2.05) is 0 Å². The summed E-state index contributed by atoms with van der Waals surface area (Å²) in [4.78, 5) is 38.2. The maximum absolute atomic E-state index is 12.9. The van der Waals surface area contributed by atoms with E-state index in [0.717, 1.165) is 83.5 Å². The summed E-state index contributed by atoms with van der Waals surface area (Å²) in [6.45, 7) is 6.64. The Hall–Kier alpha value is -2.37. The largest absolute Gasteiger partial charge is 0.462 e. The van der Waals surface area contributed by atoms with Crippen molar-refractivity contribution in [3.8, 4) is 0 Å². The van der Waals surface area contributed by atoms with Crippen LogP contribution in [-0.4, -0.2) is 37.2 Å². The summed E-state index contributed by atoms with van der Waals surface area (Å²) >= 11 is 0. The second-order valence-corrected chi connectivity index (χ2v) is 22.4. The van der Waals surface area contributed by atoms with Crippen molar-refractivity contribution in [1.29, 1.82) is 0 Å². The zero-order valence-corrected chi connectivity index (χ0v) is 49.9. The van der Waals surface area contributed by atoms with E-state index in [9.17, 15) is 14.4 Å². The molecular formula is C68H126O6. The van der Waals surface area contributed by atoms with E-state index in [0.29, 0.717) is 19.3 Å². The van der Waals surface area contributed by atoms with Crippen LogP contribution in [0.15, 0.2) is 36.5 Å². The van der Waals surface area contributed by atoms with Gasteiger partial charge in [-0.2, -0.15) is 0 Å². The molecule has 0 saturated carbocycles. The van der Waals surface area contributed by atoms with Gasteiger partial charge in [-0.05, 0) is 70.6 Å². The number of unbranched alkanes of at least 4 members (excludes halogenated alkanes) is 44. The molecular weight excluding hydrogens is 913 g/mol. The third kappa shape index (κ3) is 60.5. The SMILES string of the molecule is CCCC/C=C\C/C=C\CCCCCCCC(=O)OC(COC(=O)CCCCCCCCCCCCCCC)COC(=O)CCCCCCCCCCCCCCCCCCC/C=C\CCCCCCCCCC. The molecule has 6 nitrogen and oxygen atoms in total. The van der Waals surface area contributed by atoms with Crippen molar-refractivity contribution >= 4 is 17.9 Å². The second-order valence-electron chi connectivity index (χ2n) is 22.4. The van der Waals surface area contributed by atoms with Crippen molar-refractivity contribution in [3.05, 3.63) is 36.5 Å². The highest BCUT2D eigenvalue weighted by molar-refractivity contribution is 5.71. The molecule has 74 heavy (non-hydrogen) atoms. The van der Waals surface area contributed by atoms with Crippen molar-refractivity contribution < 1.29 is 28.6 Å². The molecule has 1 atom stereocenters. The average Bonchev–Trinajstić information content (AvgIpc) is 3.40. The number of hydrogen-bond acceptors (Lipinski definition) is 6. The molecule has 0 saturated heterocycles. The predicted molar refractivity (Wildman–Crippen MR) is 321 cm³/mol. The minimum absolute atomic E-state index is 0.0730. The minimum Gasteiger partial charge on any atom is -0.462 e. The molecule has 0 aliphatic heterocycles. The Bertz CT molecular complexity index is 1240. The van der Waals surface area contributed by atoms with E-state index < -0.39 is 6.10 Å². The van der Waals surface area contributed by atoms with Crippen LogP contribution in [0, 0.1) is 0 Å². The fourth-order valence-electron chi connectivity index (χ4n) is 9.87. The molecule has 0 radical (unpaired) electrons. The number of carbonyl (C=O) groups excluding carboxylic acids is 3. The van der Waals surface area contributed by atoms with E-state index in [1.165, 1.54) is 238 Å². The summed E-state index contributed by atoms with van der Waals surface area (Å²) in [6, 6.07) is 0. The van der Waals surface area contributed by atoms with Crippen LogP contribution in [0.4, 0.5) is 0 Å². The first kappa shape index (κ1) is 71.6. The Kier molecular flexibility index (Phi) is 61.1. The maximum atomic E-state index is 12.9. The van der Waals surface area contributed by atoms with Gasteiger partial charge in [0, 0.05) is 19.3 Å². The van der Waals surface area contributed by atoms with E-state index in [-0.39, 0.29) is 31.1 Å².